The van der Waals surface area contributed by atoms with Gasteiger partial charge < -0.3 is 5.11 Å². The third-order valence-electron chi connectivity index (χ3n) is 3.78. The first-order chi connectivity index (χ1) is 9.15. The van der Waals surface area contributed by atoms with E-state index in [1.807, 2.05) is 12.1 Å². The highest BCUT2D eigenvalue weighted by molar-refractivity contribution is 7.20. The Bertz CT molecular complexity index is 590. The maximum atomic E-state index is 10.4. The van der Waals surface area contributed by atoms with Crippen molar-refractivity contribution in [2.24, 2.45) is 0 Å². The third-order valence-corrected chi connectivity index (χ3v) is 5.30. The Labute approximate surface area is 126 Å². The maximum Gasteiger partial charge on any atom is 0.106 e. The highest BCUT2D eigenvalue weighted by Gasteiger charge is 2.22. The first-order valence-corrected chi connectivity index (χ1v) is 7.95. The fourth-order valence-electron chi connectivity index (χ4n) is 2.44. The Morgan fingerprint density at radius 1 is 1.21 bits per heavy atom. The van der Waals surface area contributed by atoms with E-state index in [-0.39, 0.29) is 0 Å². The monoisotopic (exact) mass is 312 g/mol. The number of thiophene rings is 1. The molecular weight excluding hydrogens is 299 g/mol. The van der Waals surface area contributed by atoms with Crippen molar-refractivity contribution >= 4 is 34.5 Å². The number of hydrogen-bond donors (Lipinski definition) is 1. The molecule has 3 rings (SSSR count). The van der Waals surface area contributed by atoms with E-state index in [1.54, 1.807) is 6.07 Å². The lowest BCUT2D eigenvalue weighted by Gasteiger charge is -2.26. The van der Waals surface area contributed by atoms with Gasteiger partial charge in [-0.05, 0) is 36.0 Å². The van der Waals surface area contributed by atoms with Crippen LogP contribution in [-0.2, 0) is 0 Å². The van der Waals surface area contributed by atoms with E-state index >= 15 is 0 Å². The Morgan fingerprint density at radius 3 is 2.58 bits per heavy atom. The van der Waals surface area contributed by atoms with Crippen LogP contribution < -0.4 is 0 Å². The molecular formula is C15H14Cl2OS. The molecule has 1 heterocycles. The van der Waals surface area contributed by atoms with Gasteiger partial charge in [-0.1, -0.05) is 53.9 Å². The molecule has 1 N–H and O–H groups in total. The van der Waals surface area contributed by atoms with Crippen LogP contribution in [0, 0.1) is 0 Å². The van der Waals surface area contributed by atoms with Crippen LogP contribution in [0.1, 0.15) is 48.0 Å². The number of rotatable bonds is 3. The minimum atomic E-state index is -0.698. The molecule has 0 spiro atoms. The number of hydrogen-bond acceptors (Lipinski definition) is 2. The third kappa shape index (κ3) is 2.68. The molecule has 100 valence electrons. The second kappa shape index (κ2) is 5.45. The quantitative estimate of drug-likeness (QED) is 0.804. The zero-order valence-electron chi connectivity index (χ0n) is 10.3. The second-order valence-electron chi connectivity index (χ2n) is 4.98. The molecule has 0 saturated heterocycles. The minimum Gasteiger partial charge on any atom is -0.384 e. The molecule has 0 aliphatic heterocycles. The Kier molecular flexibility index (Phi) is 3.86. The summed E-state index contributed by atoms with van der Waals surface area (Å²) in [5, 5.41) is 10.4. The summed E-state index contributed by atoms with van der Waals surface area (Å²) in [7, 11) is 0. The molecule has 1 aliphatic carbocycles. The molecule has 0 amide bonds. The number of aliphatic hydroxyl groups excluding tert-OH is 1. The van der Waals surface area contributed by atoms with E-state index in [1.165, 1.54) is 36.2 Å². The van der Waals surface area contributed by atoms with Crippen molar-refractivity contribution in [3.63, 3.8) is 0 Å². The lowest BCUT2D eigenvalue weighted by atomic mass is 9.79. The van der Waals surface area contributed by atoms with Crippen molar-refractivity contribution in [3.05, 3.63) is 55.7 Å². The summed E-state index contributed by atoms with van der Waals surface area (Å²) in [5.74, 6) is 0.661. The molecule has 1 unspecified atom stereocenters. The van der Waals surface area contributed by atoms with Gasteiger partial charge in [0, 0.05) is 5.56 Å². The van der Waals surface area contributed by atoms with Gasteiger partial charge in [0.15, 0.2) is 0 Å². The van der Waals surface area contributed by atoms with E-state index in [2.05, 4.69) is 12.1 Å². The van der Waals surface area contributed by atoms with Crippen molar-refractivity contribution in [1.82, 2.24) is 0 Å². The van der Waals surface area contributed by atoms with Crippen LogP contribution in [0.5, 0.6) is 0 Å². The molecule has 0 bridgehead atoms. The molecule has 1 nitrogen and oxygen atoms in total. The Morgan fingerprint density at radius 2 is 2.00 bits per heavy atom. The zero-order chi connectivity index (χ0) is 13.4. The first kappa shape index (κ1) is 13.4. The van der Waals surface area contributed by atoms with Crippen molar-refractivity contribution in [1.29, 1.82) is 0 Å². The van der Waals surface area contributed by atoms with Gasteiger partial charge in [-0.2, -0.15) is 0 Å². The summed E-state index contributed by atoms with van der Waals surface area (Å²) in [6.07, 6.45) is 3.12. The average Bonchev–Trinajstić information content (AvgIpc) is 2.66. The second-order valence-corrected chi connectivity index (χ2v) is 7.27. The summed E-state index contributed by atoms with van der Waals surface area (Å²) >= 11 is 13.3. The van der Waals surface area contributed by atoms with Gasteiger partial charge in [0.05, 0.1) is 4.34 Å². The highest BCUT2D eigenvalue weighted by Crippen LogP contribution is 2.40. The molecule has 1 aliphatic rings. The van der Waals surface area contributed by atoms with Gasteiger partial charge in [0.1, 0.15) is 10.4 Å². The topological polar surface area (TPSA) is 20.2 Å². The molecule has 1 fully saturated rings. The standard InChI is InChI=1S/C15H14Cl2OS/c16-13-8-12(15(17)19-13)14(18)11-6-2-5-10(7-11)9-3-1-4-9/h2,5-9,14,18H,1,3-4H2. The smallest absolute Gasteiger partial charge is 0.106 e. The normalized spacial score (nSPS) is 17.2. The van der Waals surface area contributed by atoms with Gasteiger partial charge in [-0.3, -0.25) is 0 Å². The summed E-state index contributed by atoms with van der Waals surface area (Å²) in [6.45, 7) is 0. The molecule has 1 atom stereocenters. The van der Waals surface area contributed by atoms with Gasteiger partial charge >= 0.3 is 0 Å². The number of benzene rings is 1. The van der Waals surface area contributed by atoms with Gasteiger partial charge in [0.2, 0.25) is 0 Å². The lowest BCUT2D eigenvalue weighted by Crippen LogP contribution is -2.09. The van der Waals surface area contributed by atoms with E-state index in [9.17, 15) is 5.11 Å². The summed E-state index contributed by atoms with van der Waals surface area (Å²) in [4.78, 5) is 0. The predicted molar refractivity (Wildman–Crippen MR) is 81.4 cm³/mol. The fourth-order valence-corrected chi connectivity index (χ4v) is 3.96. The average molecular weight is 313 g/mol. The molecule has 1 aromatic carbocycles. The molecule has 2 aromatic rings. The van der Waals surface area contributed by atoms with Crippen LogP contribution in [0.25, 0.3) is 0 Å². The largest absolute Gasteiger partial charge is 0.384 e. The maximum absolute atomic E-state index is 10.4. The van der Waals surface area contributed by atoms with Crippen molar-refractivity contribution in [3.8, 4) is 0 Å². The summed E-state index contributed by atoms with van der Waals surface area (Å²) in [6, 6.07) is 9.93. The molecule has 4 heteroatoms. The van der Waals surface area contributed by atoms with Crippen LogP contribution in [0.15, 0.2) is 30.3 Å². The van der Waals surface area contributed by atoms with Crippen molar-refractivity contribution in [2.45, 2.75) is 31.3 Å². The Balaban J connectivity index is 1.90. The predicted octanol–water partition coefficient (Wildman–Crippen LogP) is 5.40. The SMILES string of the molecule is OC(c1cccc(C2CCC2)c1)c1cc(Cl)sc1Cl. The van der Waals surface area contributed by atoms with Crippen LogP contribution >= 0.6 is 34.5 Å². The minimum absolute atomic E-state index is 0.562. The highest BCUT2D eigenvalue weighted by atomic mass is 35.5. The van der Waals surface area contributed by atoms with Crippen LogP contribution in [0.2, 0.25) is 8.67 Å². The Hall–Kier alpha value is -0.540. The van der Waals surface area contributed by atoms with Gasteiger partial charge in [0.25, 0.3) is 0 Å². The van der Waals surface area contributed by atoms with Crippen LogP contribution in [0.4, 0.5) is 0 Å². The molecule has 19 heavy (non-hydrogen) atoms. The van der Waals surface area contributed by atoms with Crippen molar-refractivity contribution < 1.29 is 5.11 Å². The van der Waals surface area contributed by atoms with Crippen LogP contribution in [-0.4, -0.2) is 5.11 Å². The van der Waals surface area contributed by atoms with Gasteiger partial charge in [-0.25, -0.2) is 0 Å². The zero-order valence-corrected chi connectivity index (χ0v) is 12.6. The van der Waals surface area contributed by atoms with Crippen LogP contribution in [0.3, 0.4) is 0 Å². The first-order valence-electron chi connectivity index (χ1n) is 6.38. The van der Waals surface area contributed by atoms with E-state index in [0.29, 0.717) is 20.2 Å². The number of aliphatic hydroxyl groups is 1. The summed E-state index contributed by atoms with van der Waals surface area (Å²) in [5.41, 5.74) is 2.91. The molecule has 1 aromatic heterocycles. The number of halogens is 2. The lowest BCUT2D eigenvalue weighted by molar-refractivity contribution is 0.220. The molecule has 0 radical (unpaired) electrons. The van der Waals surface area contributed by atoms with E-state index in [0.717, 1.165) is 5.56 Å². The molecule has 1 saturated carbocycles. The summed E-state index contributed by atoms with van der Waals surface area (Å²) < 4.78 is 1.17. The van der Waals surface area contributed by atoms with Gasteiger partial charge in [-0.15, -0.1) is 11.3 Å². The van der Waals surface area contributed by atoms with Crippen molar-refractivity contribution in [2.75, 3.05) is 0 Å². The van der Waals surface area contributed by atoms with E-state index < -0.39 is 6.10 Å². The van der Waals surface area contributed by atoms with E-state index in [4.69, 9.17) is 23.2 Å². The fraction of sp³-hybridized carbons (Fsp3) is 0.333.